The van der Waals surface area contributed by atoms with Crippen molar-refractivity contribution < 1.29 is 9.13 Å². The molecule has 2 aromatic rings. The number of aromatic nitrogens is 1. The van der Waals surface area contributed by atoms with Crippen LogP contribution in [0, 0.1) is 17.1 Å². The van der Waals surface area contributed by atoms with E-state index in [2.05, 4.69) is 15.9 Å². The first-order valence-electron chi connectivity index (χ1n) is 9.42. The highest BCUT2D eigenvalue weighted by Crippen LogP contribution is 2.31. The summed E-state index contributed by atoms with van der Waals surface area (Å²) in [5.74, 6) is 0.696. The van der Waals surface area contributed by atoms with Crippen LogP contribution in [0.15, 0.2) is 30.3 Å². The Balaban J connectivity index is 1.51. The maximum absolute atomic E-state index is 13.1. The number of nitriles is 1. The summed E-state index contributed by atoms with van der Waals surface area (Å²) >= 11 is 0. The molecule has 2 fully saturated rings. The number of halogens is 1. The van der Waals surface area contributed by atoms with Gasteiger partial charge in [-0.3, -0.25) is 0 Å². The van der Waals surface area contributed by atoms with Gasteiger partial charge < -0.3 is 24.8 Å². The van der Waals surface area contributed by atoms with Gasteiger partial charge in [0.15, 0.2) is 0 Å². The summed E-state index contributed by atoms with van der Waals surface area (Å²) < 4.78 is 20.9. The molecule has 0 amide bonds. The van der Waals surface area contributed by atoms with Crippen molar-refractivity contribution in [1.29, 1.82) is 5.26 Å². The summed E-state index contributed by atoms with van der Waals surface area (Å²) in [7, 11) is 0. The summed E-state index contributed by atoms with van der Waals surface area (Å²) in [4.78, 5) is 4.48. The second-order valence-electron chi connectivity index (χ2n) is 7.12. The quantitative estimate of drug-likeness (QED) is 0.897. The van der Waals surface area contributed by atoms with E-state index in [1.54, 1.807) is 6.07 Å². The van der Waals surface area contributed by atoms with Crippen LogP contribution in [0.25, 0.3) is 0 Å². The fourth-order valence-corrected chi connectivity index (χ4v) is 4.01. The Bertz CT molecular complexity index is 827. The number of rotatable bonds is 4. The molecule has 0 spiro atoms. The van der Waals surface area contributed by atoms with Crippen LogP contribution in [0.1, 0.15) is 18.5 Å². The topological polar surface area (TPSA) is 70.5 Å². The second-order valence-corrected chi connectivity index (χ2v) is 7.12. The van der Waals surface area contributed by atoms with Gasteiger partial charge in [0.25, 0.3) is 0 Å². The zero-order chi connectivity index (χ0) is 18.8. The Labute approximate surface area is 158 Å². The number of anilines is 3. The minimum atomic E-state index is -0.221. The molecule has 2 saturated heterocycles. The van der Waals surface area contributed by atoms with Crippen molar-refractivity contribution in [2.45, 2.75) is 25.5 Å². The monoisotopic (exact) mass is 369 g/mol. The van der Waals surface area contributed by atoms with Gasteiger partial charge in [-0.25, -0.2) is 4.39 Å². The molecule has 3 heterocycles. The molecule has 7 heteroatoms. The van der Waals surface area contributed by atoms with Gasteiger partial charge >= 0.3 is 0 Å². The lowest BCUT2D eigenvalue weighted by molar-refractivity contribution is 0.0971. The van der Waals surface area contributed by atoms with E-state index in [0.29, 0.717) is 17.9 Å². The molecule has 2 N–H and O–H groups in total. The van der Waals surface area contributed by atoms with Crippen LogP contribution >= 0.6 is 0 Å². The Morgan fingerprint density at radius 1 is 1.15 bits per heavy atom. The molecule has 27 heavy (non-hydrogen) atoms. The highest BCUT2D eigenvalue weighted by Gasteiger charge is 2.26. The fraction of sp³-hybridized carbons (Fsp3) is 0.450. The van der Waals surface area contributed by atoms with Crippen molar-refractivity contribution >= 4 is 17.2 Å². The number of nitrogens with zero attached hydrogens (tertiary/aromatic N) is 4. The van der Waals surface area contributed by atoms with E-state index < -0.39 is 0 Å². The lowest BCUT2D eigenvalue weighted by Gasteiger charge is -2.38. The third-order valence-corrected chi connectivity index (χ3v) is 5.39. The maximum Gasteiger partial charge on any atom is 0.133 e. The van der Waals surface area contributed by atoms with Crippen LogP contribution < -0.4 is 15.5 Å². The van der Waals surface area contributed by atoms with E-state index in [1.165, 1.54) is 12.1 Å². The number of ether oxygens (including phenoxy) is 1. The van der Waals surface area contributed by atoms with Crippen LogP contribution in [-0.4, -0.2) is 43.5 Å². The summed E-state index contributed by atoms with van der Waals surface area (Å²) in [6.07, 6.45) is 2.22. The first-order chi connectivity index (χ1) is 13.2. The minimum Gasteiger partial charge on any atom is -0.396 e. The Kier molecular flexibility index (Phi) is 4.90. The highest BCUT2D eigenvalue weighted by atomic mass is 19.1. The zero-order valence-corrected chi connectivity index (χ0v) is 15.3. The molecule has 1 aromatic carbocycles. The molecular weight excluding hydrogens is 345 g/mol. The SMILES string of the molecule is N#Cc1cc(N)c(N2CCN(c3ccc(F)cc3)CC2)n1C[C@H]1CCCO1. The molecule has 2 aliphatic rings. The number of nitrogens with two attached hydrogens (primary N) is 1. The first-order valence-corrected chi connectivity index (χ1v) is 9.42. The zero-order valence-electron chi connectivity index (χ0n) is 15.3. The van der Waals surface area contributed by atoms with Crippen molar-refractivity contribution in [2.75, 3.05) is 48.3 Å². The van der Waals surface area contributed by atoms with E-state index in [4.69, 9.17) is 10.5 Å². The summed E-state index contributed by atoms with van der Waals surface area (Å²) in [5.41, 5.74) is 8.52. The van der Waals surface area contributed by atoms with E-state index >= 15 is 0 Å². The number of nitrogen functional groups attached to an aromatic ring is 1. The molecule has 0 saturated carbocycles. The lowest BCUT2D eigenvalue weighted by Crippen LogP contribution is -2.47. The van der Waals surface area contributed by atoms with Gasteiger partial charge in [0.05, 0.1) is 18.3 Å². The minimum absolute atomic E-state index is 0.142. The predicted molar refractivity (Wildman–Crippen MR) is 103 cm³/mol. The van der Waals surface area contributed by atoms with Gasteiger partial charge in [0.2, 0.25) is 0 Å². The smallest absolute Gasteiger partial charge is 0.133 e. The molecule has 0 unspecified atom stereocenters. The van der Waals surface area contributed by atoms with Crippen LogP contribution in [0.5, 0.6) is 0 Å². The summed E-state index contributed by atoms with van der Waals surface area (Å²) in [6.45, 7) is 4.67. The van der Waals surface area contributed by atoms with Crippen molar-refractivity contribution in [3.05, 3.63) is 41.8 Å². The Hall–Kier alpha value is -2.72. The van der Waals surface area contributed by atoms with Gasteiger partial charge in [-0.2, -0.15) is 5.26 Å². The Morgan fingerprint density at radius 3 is 2.48 bits per heavy atom. The van der Waals surface area contributed by atoms with Crippen LogP contribution in [0.3, 0.4) is 0 Å². The normalized spacial score (nSPS) is 20.1. The molecule has 0 aliphatic carbocycles. The average Bonchev–Trinajstić information content (AvgIpc) is 3.30. The molecule has 1 aromatic heterocycles. The van der Waals surface area contributed by atoms with Crippen LogP contribution in [0.2, 0.25) is 0 Å². The van der Waals surface area contributed by atoms with Gasteiger partial charge in [0.1, 0.15) is 23.4 Å². The molecule has 1 atom stereocenters. The van der Waals surface area contributed by atoms with Gasteiger partial charge in [-0.15, -0.1) is 0 Å². The van der Waals surface area contributed by atoms with E-state index in [9.17, 15) is 9.65 Å². The van der Waals surface area contributed by atoms with Crippen molar-refractivity contribution in [1.82, 2.24) is 4.57 Å². The van der Waals surface area contributed by atoms with Crippen molar-refractivity contribution in [3.63, 3.8) is 0 Å². The van der Waals surface area contributed by atoms with Gasteiger partial charge in [-0.1, -0.05) is 0 Å². The molecule has 4 rings (SSSR count). The van der Waals surface area contributed by atoms with E-state index in [1.807, 2.05) is 16.7 Å². The maximum atomic E-state index is 13.1. The summed E-state index contributed by atoms with van der Waals surface area (Å²) in [6, 6.07) is 10.6. The van der Waals surface area contributed by atoms with Crippen LogP contribution in [-0.2, 0) is 11.3 Å². The van der Waals surface area contributed by atoms with Crippen LogP contribution in [0.4, 0.5) is 21.6 Å². The highest BCUT2D eigenvalue weighted by molar-refractivity contribution is 5.68. The second kappa shape index (κ2) is 7.49. The predicted octanol–water partition coefficient (Wildman–Crippen LogP) is 2.59. The molecule has 6 nitrogen and oxygen atoms in total. The Morgan fingerprint density at radius 2 is 1.85 bits per heavy atom. The van der Waals surface area contributed by atoms with E-state index in [-0.39, 0.29) is 11.9 Å². The fourth-order valence-electron chi connectivity index (χ4n) is 4.01. The number of benzene rings is 1. The van der Waals surface area contributed by atoms with Gasteiger partial charge in [-0.05, 0) is 43.2 Å². The van der Waals surface area contributed by atoms with Crippen molar-refractivity contribution in [3.8, 4) is 6.07 Å². The molecule has 142 valence electrons. The van der Waals surface area contributed by atoms with Crippen molar-refractivity contribution in [2.24, 2.45) is 0 Å². The molecule has 2 aliphatic heterocycles. The number of hydrogen-bond acceptors (Lipinski definition) is 5. The van der Waals surface area contributed by atoms with Gasteiger partial charge in [0, 0.05) is 38.5 Å². The lowest BCUT2D eigenvalue weighted by atomic mass is 10.2. The third-order valence-electron chi connectivity index (χ3n) is 5.39. The molecular formula is C20H24FN5O. The van der Waals surface area contributed by atoms with E-state index in [0.717, 1.165) is 57.1 Å². The molecule has 0 bridgehead atoms. The molecule has 0 radical (unpaired) electrons. The average molecular weight is 369 g/mol. The number of hydrogen-bond donors (Lipinski definition) is 1. The summed E-state index contributed by atoms with van der Waals surface area (Å²) in [5, 5.41) is 9.52. The first kappa shape index (κ1) is 17.7. The number of piperazine rings is 1. The standard InChI is InChI=1S/C20H24FN5O/c21-15-3-5-16(6-4-15)24-7-9-25(10-8-24)20-19(23)12-17(13-22)26(20)14-18-2-1-11-27-18/h3-6,12,18H,1-2,7-11,14,23H2/t18-/m1/s1. The largest absolute Gasteiger partial charge is 0.396 e. The third kappa shape index (κ3) is 3.58.